The van der Waals surface area contributed by atoms with Crippen LogP contribution >= 0.6 is 11.8 Å². The van der Waals surface area contributed by atoms with Crippen LogP contribution in [-0.4, -0.2) is 36.3 Å². The molecule has 20 heavy (non-hydrogen) atoms. The molecule has 1 aromatic rings. The first-order valence-electron chi connectivity index (χ1n) is 7.14. The first-order valence-corrected chi connectivity index (χ1v) is 8.19. The average molecular weight is 291 g/mol. The summed E-state index contributed by atoms with van der Waals surface area (Å²) >= 11 is 1.84. The van der Waals surface area contributed by atoms with Gasteiger partial charge in [-0.1, -0.05) is 6.07 Å². The van der Waals surface area contributed by atoms with Gasteiger partial charge in [0.15, 0.2) is 11.5 Å². The lowest BCUT2D eigenvalue weighted by Gasteiger charge is -2.26. The maximum absolute atomic E-state index is 12.3. The summed E-state index contributed by atoms with van der Waals surface area (Å²) in [6.45, 7) is 2.06. The molecular formula is C15H17NO3S. The van der Waals surface area contributed by atoms with Gasteiger partial charge in [0.25, 0.3) is 0 Å². The Kier molecular flexibility index (Phi) is 3.02. The van der Waals surface area contributed by atoms with E-state index in [1.807, 2.05) is 28.8 Å². The lowest BCUT2D eigenvalue weighted by molar-refractivity contribution is -0.132. The van der Waals surface area contributed by atoms with Gasteiger partial charge in [-0.25, -0.2) is 0 Å². The minimum atomic E-state index is 0.138. The lowest BCUT2D eigenvalue weighted by Crippen LogP contribution is -2.31. The van der Waals surface area contributed by atoms with E-state index in [0.29, 0.717) is 19.1 Å². The van der Waals surface area contributed by atoms with Gasteiger partial charge in [0.1, 0.15) is 18.6 Å². The molecule has 2 fully saturated rings. The molecule has 0 aromatic heterocycles. The Labute approximate surface area is 122 Å². The Balaban J connectivity index is 1.60. The van der Waals surface area contributed by atoms with E-state index < -0.39 is 0 Å². The quantitative estimate of drug-likeness (QED) is 0.839. The number of hydrogen-bond acceptors (Lipinski definition) is 4. The zero-order chi connectivity index (χ0) is 13.5. The molecular weight excluding hydrogens is 274 g/mol. The number of carbonyl (C=O) groups is 1. The lowest BCUT2D eigenvalue weighted by atomic mass is 10.1. The molecule has 2 heterocycles. The van der Waals surface area contributed by atoms with Crippen LogP contribution in [0.15, 0.2) is 18.2 Å². The van der Waals surface area contributed by atoms with E-state index in [-0.39, 0.29) is 11.3 Å². The minimum Gasteiger partial charge on any atom is -0.486 e. The van der Waals surface area contributed by atoms with E-state index >= 15 is 0 Å². The highest BCUT2D eigenvalue weighted by atomic mass is 32.2. The Morgan fingerprint density at radius 1 is 1.20 bits per heavy atom. The summed E-state index contributed by atoms with van der Waals surface area (Å²) in [5, 5.41) is 0.138. The van der Waals surface area contributed by atoms with Crippen molar-refractivity contribution in [2.75, 3.05) is 25.5 Å². The summed E-state index contributed by atoms with van der Waals surface area (Å²) < 4.78 is 11.2. The van der Waals surface area contributed by atoms with Gasteiger partial charge in [0.05, 0.1) is 0 Å². The zero-order valence-electron chi connectivity index (χ0n) is 11.2. The predicted octanol–water partition coefficient (Wildman–Crippen LogP) is 2.44. The number of fused-ring (bicyclic) bond motifs is 1. The fourth-order valence-electron chi connectivity index (χ4n) is 2.75. The second kappa shape index (κ2) is 4.88. The Hall–Kier alpha value is -1.36. The number of hydrogen-bond donors (Lipinski definition) is 0. The Morgan fingerprint density at radius 3 is 2.80 bits per heavy atom. The average Bonchev–Trinajstić information content (AvgIpc) is 3.23. The second-order valence-corrected chi connectivity index (χ2v) is 6.62. The molecule has 1 aliphatic carbocycles. The van der Waals surface area contributed by atoms with Crippen LogP contribution in [0.1, 0.15) is 23.8 Å². The molecule has 3 aliphatic rings. The smallest absolute Gasteiger partial charge is 0.226 e. The zero-order valence-corrected chi connectivity index (χ0v) is 12.0. The van der Waals surface area contributed by atoms with Gasteiger partial charge in [-0.15, -0.1) is 11.8 Å². The standard InChI is InChI=1S/C15H17NO3S/c17-14(10-1-2-10)16-5-8-20-15(16)11-3-4-12-13(9-11)19-7-6-18-12/h3-4,9-10,15H,1-2,5-8H2. The summed E-state index contributed by atoms with van der Waals surface area (Å²) in [6.07, 6.45) is 2.13. The topological polar surface area (TPSA) is 38.8 Å². The molecule has 5 heteroatoms. The molecule has 1 amide bonds. The van der Waals surface area contributed by atoms with E-state index in [9.17, 15) is 4.79 Å². The first kappa shape index (κ1) is 12.4. The number of ether oxygens (including phenoxy) is 2. The van der Waals surface area contributed by atoms with E-state index in [4.69, 9.17) is 9.47 Å². The summed E-state index contributed by atoms with van der Waals surface area (Å²) in [5.41, 5.74) is 1.14. The Morgan fingerprint density at radius 2 is 2.00 bits per heavy atom. The molecule has 0 bridgehead atoms. The van der Waals surface area contributed by atoms with Gasteiger partial charge in [0, 0.05) is 18.2 Å². The summed E-state index contributed by atoms with van der Waals surface area (Å²) in [7, 11) is 0. The monoisotopic (exact) mass is 291 g/mol. The highest BCUT2D eigenvalue weighted by molar-refractivity contribution is 7.99. The fourth-order valence-corrected chi connectivity index (χ4v) is 4.00. The molecule has 0 spiro atoms. The van der Waals surface area contributed by atoms with Gasteiger partial charge in [-0.2, -0.15) is 0 Å². The van der Waals surface area contributed by atoms with Crippen molar-refractivity contribution < 1.29 is 14.3 Å². The largest absolute Gasteiger partial charge is 0.486 e. The third-order valence-corrected chi connectivity index (χ3v) is 5.21. The summed E-state index contributed by atoms with van der Waals surface area (Å²) in [5.74, 6) is 3.24. The number of amides is 1. The molecule has 1 saturated heterocycles. The van der Waals surface area contributed by atoms with Crippen molar-refractivity contribution in [2.45, 2.75) is 18.2 Å². The van der Waals surface area contributed by atoms with Crippen LogP contribution in [0, 0.1) is 5.92 Å². The number of nitrogens with zero attached hydrogens (tertiary/aromatic N) is 1. The van der Waals surface area contributed by atoms with Crippen molar-refractivity contribution >= 4 is 17.7 Å². The highest BCUT2D eigenvalue weighted by Crippen LogP contribution is 2.44. The van der Waals surface area contributed by atoms with Crippen LogP contribution in [0.5, 0.6) is 11.5 Å². The molecule has 0 N–H and O–H groups in total. The summed E-state index contributed by atoms with van der Waals surface area (Å²) in [4.78, 5) is 14.4. The van der Waals surface area contributed by atoms with E-state index in [1.165, 1.54) is 0 Å². The van der Waals surface area contributed by atoms with Crippen molar-refractivity contribution in [1.29, 1.82) is 0 Å². The normalized spacial score (nSPS) is 24.8. The van der Waals surface area contributed by atoms with Crippen LogP contribution in [0.25, 0.3) is 0 Å². The molecule has 1 aromatic carbocycles. The van der Waals surface area contributed by atoms with Gasteiger partial charge < -0.3 is 14.4 Å². The molecule has 1 atom stereocenters. The SMILES string of the molecule is O=C(C1CC1)N1CCSC1c1ccc2c(c1)OCCO2. The second-order valence-electron chi connectivity index (χ2n) is 5.43. The van der Waals surface area contributed by atoms with Gasteiger partial charge in [-0.05, 0) is 30.5 Å². The van der Waals surface area contributed by atoms with Crippen molar-refractivity contribution in [3.05, 3.63) is 23.8 Å². The van der Waals surface area contributed by atoms with Crippen LogP contribution in [-0.2, 0) is 4.79 Å². The van der Waals surface area contributed by atoms with Crippen LogP contribution < -0.4 is 9.47 Å². The first-order chi connectivity index (χ1) is 9.83. The van der Waals surface area contributed by atoms with Crippen molar-refractivity contribution in [1.82, 2.24) is 4.90 Å². The molecule has 4 nitrogen and oxygen atoms in total. The van der Waals surface area contributed by atoms with Crippen molar-refractivity contribution in [3.63, 3.8) is 0 Å². The molecule has 106 valence electrons. The third kappa shape index (κ3) is 2.14. The third-order valence-electron chi connectivity index (χ3n) is 3.95. The molecule has 1 saturated carbocycles. The summed E-state index contributed by atoms with van der Waals surface area (Å²) in [6, 6.07) is 6.05. The molecule has 4 rings (SSSR count). The van der Waals surface area contributed by atoms with E-state index in [1.54, 1.807) is 0 Å². The van der Waals surface area contributed by atoms with E-state index in [2.05, 4.69) is 6.07 Å². The van der Waals surface area contributed by atoms with Gasteiger partial charge in [0.2, 0.25) is 5.91 Å². The predicted molar refractivity (Wildman–Crippen MR) is 77.1 cm³/mol. The maximum atomic E-state index is 12.3. The number of thioether (sulfide) groups is 1. The number of rotatable bonds is 2. The molecule has 1 unspecified atom stereocenters. The highest BCUT2D eigenvalue weighted by Gasteiger charge is 2.39. The fraction of sp³-hybridized carbons (Fsp3) is 0.533. The minimum absolute atomic E-state index is 0.138. The maximum Gasteiger partial charge on any atom is 0.226 e. The number of benzene rings is 1. The number of carbonyl (C=O) groups excluding carboxylic acids is 1. The van der Waals surface area contributed by atoms with E-state index in [0.717, 1.165) is 42.2 Å². The van der Waals surface area contributed by atoms with Crippen LogP contribution in [0.2, 0.25) is 0 Å². The van der Waals surface area contributed by atoms with Crippen molar-refractivity contribution in [2.24, 2.45) is 5.92 Å². The van der Waals surface area contributed by atoms with Gasteiger partial charge >= 0.3 is 0 Å². The van der Waals surface area contributed by atoms with Crippen LogP contribution in [0.4, 0.5) is 0 Å². The van der Waals surface area contributed by atoms with Gasteiger partial charge in [-0.3, -0.25) is 4.79 Å². The Bertz CT molecular complexity index is 544. The van der Waals surface area contributed by atoms with Crippen molar-refractivity contribution in [3.8, 4) is 11.5 Å². The van der Waals surface area contributed by atoms with Crippen LogP contribution in [0.3, 0.4) is 0 Å². The molecule has 2 aliphatic heterocycles. The molecule has 0 radical (unpaired) electrons.